The summed E-state index contributed by atoms with van der Waals surface area (Å²) in [5.74, 6) is 1.84. The molecule has 0 N–H and O–H groups in total. The van der Waals surface area contributed by atoms with E-state index in [9.17, 15) is 0 Å². The number of benzene rings is 2. The van der Waals surface area contributed by atoms with Crippen LogP contribution >= 0.6 is 11.6 Å². The number of hydrogen-bond acceptors (Lipinski definition) is 2. The number of aryl methyl sites for hydroxylation is 2. The quantitative estimate of drug-likeness (QED) is 0.581. The molecular weight excluding hydrogens is 320 g/mol. The zero-order chi connectivity index (χ0) is 17.3. The predicted molar refractivity (Wildman–Crippen MR) is 100.0 cm³/mol. The average molecular weight is 343 g/mol. The Hall–Kier alpha value is -2.00. The molecule has 0 aliphatic rings. The molecule has 0 aliphatic carbocycles. The van der Waals surface area contributed by atoms with Gasteiger partial charge in [-0.3, -0.25) is 0 Å². The molecule has 0 saturated carbocycles. The molecule has 0 amide bonds. The highest BCUT2D eigenvalue weighted by Gasteiger charge is 2.16. The van der Waals surface area contributed by atoms with Crippen LogP contribution in [0.25, 0.3) is 11.0 Å². The van der Waals surface area contributed by atoms with Crippen LogP contribution in [0.5, 0.6) is 5.75 Å². The summed E-state index contributed by atoms with van der Waals surface area (Å²) in [7, 11) is 0. The van der Waals surface area contributed by atoms with E-state index in [1.54, 1.807) is 0 Å². The van der Waals surface area contributed by atoms with Crippen molar-refractivity contribution in [3.63, 3.8) is 0 Å². The summed E-state index contributed by atoms with van der Waals surface area (Å²) < 4.78 is 8.32. The summed E-state index contributed by atoms with van der Waals surface area (Å²) in [6.07, 6.45) is 1.03. The van der Waals surface area contributed by atoms with Crippen LogP contribution in [0.3, 0.4) is 0 Å². The van der Waals surface area contributed by atoms with Gasteiger partial charge < -0.3 is 9.30 Å². The number of rotatable bonds is 5. The third-order valence-corrected chi connectivity index (χ3v) is 4.68. The van der Waals surface area contributed by atoms with Gasteiger partial charge >= 0.3 is 0 Å². The molecule has 0 radical (unpaired) electrons. The molecule has 24 heavy (non-hydrogen) atoms. The van der Waals surface area contributed by atoms with Crippen LogP contribution in [-0.4, -0.2) is 9.55 Å². The number of halogens is 1. The van der Waals surface area contributed by atoms with E-state index in [-0.39, 0.29) is 0 Å². The number of aromatic nitrogens is 2. The van der Waals surface area contributed by atoms with E-state index >= 15 is 0 Å². The summed E-state index contributed by atoms with van der Waals surface area (Å²) in [5, 5.41) is 0.707. The number of ether oxygens (including phenoxy) is 1. The van der Waals surface area contributed by atoms with E-state index in [1.807, 2.05) is 24.3 Å². The Morgan fingerprint density at radius 2 is 1.96 bits per heavy atom. The second-order valence-corrected chi connectivity index (χ2v) is 6.78. The van der Waals surface area contributed by atoms with Crippen molar-refractivity contribution in [1.29, 1.82) is 0 Å². The zero-order valence-electron chi connectivity index (χ0n) is 14.6. The minimum Gasteiger partial charge on any atom is -0.485 e. The number of imidazole rings is 1. The lowest BCUT2D eigenvalue weighted by atomic mass is 10.1. The molecule has 0 bridgehead atoms. The molecule has 3 aromatic rings. The Bertz CT molecular complexity index is 869. The van der Waals surface area contributed by atoms with E-state index in [1.165, 1.54) is 5.56 Å². The molecule has 0 saturated heterocycles. The standard InChI is InChI=1S/C20H23ClN2O/c1-5-15(4)23-18-8-7-16(21)11-17(18)22-20(23)12-24-19-9-6-13(2)10-14(19)3/h6-11,15H,5,12H2,1-4H3. The van der Waals surface area contributed by atoms with Crippen molar-refractivity contribution in [3.8, 4) is 5.75 Å². The first-order valence-corrected chi connectivity index (χ1v) is 8.73. The first-order chi connectivity index (χ1) is 11.5. The predicted octanol–water partition coefficient (Wildman–Crippen LogP) is 5.86. The Balaban J connectivity index is 1.95. The fraction of sp³-hybridized carbons (Fsp3) is 0.350. The Morgan fingerprint density at radius 1 is 1.17 bits per heavy atom. The molecule has 1 unspecified atom stereocenters. The van der Waals surface area contributed by atoms with Gasteiger partial charge in [0.25, 0.3) is 0 Å². The largest absolute Gasteiger partial charge is 0.485 e. The minimum atomic E-state index is 0.355. The summed E-state index contributed by atoms with van der Waals surface area (Å²) >= 11 is 6.12. The van der Waals surface area contributed by atoms with Gasteiger partial charge in [0.1, 0.15) is 18.2 Å². The van der Waals surface area contributed by atoms with Gasteiger partial charge in [0.05, 0.1) is 11.0 Å². The maximum Gasteiger partial charge on any atom is 0.148 e. The molecule has 1 aromatic heterocycles. The van der Waals surface area contributed by atoms with Crippen molar-refractivity contribution >= 4 is 22.6 Å². The third kappa shape index (κ3) is 3.27. The molecule has 4 heteroatoms. The van der Waals surface area contributed by atoms with Crippen molar-refractivity contribution in [2.24, 2.45) is 0 Å². The summed E-state index contributed by atoms with van der Waals surface area (Å²) in [6, 6.07) is 12.5. The first-order valence-electron chi connectivity index (χ1n) is 8.36. The van der Waals surface area contributed by atoms with Crippen molar-refractivity contribution in [1.82, 2.24) is 9.55 Å². The van der Waals surface area contributed by atoms with Crippen LogP contribution in [0.2, 0.25) is 5.02 Å². The highest BCUT2D eigenvalue weighted by Crippen LogP contribution is 2.27. The molecule has 0 spiro atoms. The fourth-order valence-electron chi connectivity index (χ4n) is 3.00. The van der Waals surface area contributed by atoms with E-state index < -0.39 is 0 Å². The van der Waals surface area contributed by atoms with Crippen molar-refractivity contribution in [3.05, 3.63) is 58.4 Å². The molecule has 3 rings (SSSR count). The van der Waals surface area contributed by atoms with Crippen LogP contribution in [0.15, 0.2) is 36.4 Å². The minimum absolute atomic E-state index is 0.355. The number of nitrogens with zero attached hydrogens (tertiary/aromatic N) is 2. The lowest BCUT2D eigenvalue weighted by Gasteiger charge is -2.17. The smallest absolute Gasteiger partial charge is 0.148 e. The number of hydrogen-bond donors (Lipinski definition) is 0. The van der Waals surface area contributed by atoms with E-state index in [0.29, 0.717) is 17.7 Å². The average Bonchev–Trinajstić information content (AvgIpc) is 2.90. The Labute approximate surface area is 148 Å². The molecule has 126 valence electrons. The van der Waals surface area contributed by atoms with Gasteiger partial charge in [0, 0.05) is 11.1 Å². The summed E-state index contributed by atoms with van der Waals surface area (Å²) in [6.45, 7) is 8.99. The van der Waals surface area contributed by atoms with Crippen molar-refractivity contribution in [2.45, 2.75) is 46.8 Å². The van der Waals surface area contributed by atoms with Crippen molar-refractivity contribution < 1.29 is 4.74 Å². The van der Waals surface area contributed by atoms with Crippen LogP contribution in [0, 0.1) is 13.8 Å². The van der Waals surface area contributed by atoms with Gasteiger partial charge in [0.15, 0.2) is 0 Å². The van der Waals surface area contributed by atoms with Gasteiger partial charge in [-0.1, -0.05) is 36.2 Å². The molecule has 3 nitrogen and oxygen atoms in total. The molecule has 0 fully saturated rings. The summed E-state index contributed by atoms with van der Waals surface area (Å²) in [5.41, 5.74) is 4.40. The number of fused-ring (bicyclic) bond motifs is 1. The van der Waals surface area contributed by atoms with Crippen molar-refractivity contribution in [2.75, 3.05) is 0 Å². The van der Waals surface area contributed by atoms with E-state index in [2.05, 4.69) is 44.4 Å². The molecule has 1 heterocycles. The maximum atomic E-state index is 6.12. The molecule has 2 aromatic carbocycles. The molecule has 1 atom stereocenters. The van der Waals surface area contributed by atoms with Gasteiger partial charge in [-0.15, -0.1) is 0 Å². The normalized spacial score (nSPS) is 12.5. The topological polar surface area (TPSA) is 27.1 Å². The molecular formula is C20H23ClN2O. The fourth-order valence-corrected chi connectivity index (χ4v) is 3.17. The van der Waals surface area contributed by atoms with Gasteiger partial charge in [-0.25, -0.2) is 4.98 Å². The maximum absolute atomic E-state index is 6.12. The van der Waals surface area contributed by atoms with Gasteiger partial charge in [0.2, 0.25) is 0 Å². The monoisotopic (exact) mass is 342 g/mol. The highest BCUT2D eigenvalue weighted by atomic mass is 35.5. The van der Waals surface area contributed by atoms with E-state index in [4.69, 9.17) is 21.3 Å². The van der Waals surface area contributed by atoms with Crippen LogP contribution in [0.1, 0.15) is 43.3 Å². The van der Waals surface area contributed by atoms with Crippen LogP contribution in [-0.2, 0) is 6.61 Å². The highest BCUT2D eigenvalue weighted by molar-refractivity contribution is 6.31. The van der Waals surface area contributed by atoms with Crippen LogP contribution in [0.4, 0.5) is 0 Å². The first kappa shape index (κ1) is 16.8. The van der Waals surface area contributed by atoms with Crippen LogP contribution < -0.4 is 4.74 Å². The Kier molecular flexibility index (Phi) is 4.81. The second kappa shape index (κ2) is 6.86. The second-order valence-electron chi connectivity index (χ2n) is 6.35. The molecule has 0 aliphatic heterocycles. The Morgan fingerprint density at radius 3 is 2.67 bits per heavy atom. The van der Waals surface area contributed by atoms with E-state index in [0.717, 1.165) is 34.6 Å². The van der Waals surface area contributed by atoms with Gasteiger partial charge in [-0.05, 0) is 57.0 Å². The van der Waals surface area contributed by atoms with Gasteiger partial charge in [-0.2, -0.15) is 0 Å². The SMILES string of the molecule is CCC(C)n1c(COc2ccc(C)cc2C)nc2cc(Cl)ccc21. The lowest BCUT2D eigenvalue weighted by molar-refractivity contribution is 0.284. The third-order valence-electron chi connectivity index (χ3n) is 4.44. The zero-order valence-corrected chi connectivity index (χ0v) is 15.4. The summed E-state index contributed by atoms with van der Waals surface area (Å²) in [4.78, 5) is 4.76. The lowest BCUT2D eigenvalue weighted by Crippen LogP contribution is -2.11.